The maximum Gasteiger partial charge on any atom is 0.0681 e. The molecule has 0 aliphatic carbocycles. The van der Waals surface area contributed by atoms with Crippen LogP contribution in [0.25, 0.3) is 10.9 Å². The first-order valence-electron chi connectivity index (χ1n) is 8.11. The Morgan fingerprint density at radius 1 is 1.17 bits per heavy atom. The van der Waals surface area contributed by atoms with Gasteiger partial charge >= 0.3 is 0 Å². The van der Waals surface area contributed by atoms with Crippen molar-refractivity contribution in [3.05, 3.63) is 53.5 Å². The Morgan fingerprint density at radius 3 is 2.48 bits per heavy atom. The minimum absolute atomic E-state index is 0.0356. The van der Waals surface area contributed by atoms with E-state index < -0.39 is 0 Å². The van der Waals surface area contributed by atoms with Crippen molar-refractivity contribution >= 4 is 10.9 Å². The fourth-order valence-electron chi connectivity index (χ4n) is 3.23. The van der Waals surface area contributed by atoms with Crippen LogP contribution in [0, 0.1) is 0 Å². The standard InChI is InChI=1S/C19H26N4/c1-19(2,3)18-10-17(23(5)21-18)14(11-20)15-12-22(4)16-9-7-6-8-13(15)16/h6-10,12,14H,11,20H2,1-5H3. The van der Waals surface area contributed by atoms with Crippen molar-refractivity contribution in [3.63, 3.8) is 0 Å². The molecule has 0 saturated heterocycles. The fraction of sp³-hybridized carbons (Fsp3) is 0.421. The van der Waals surface area contributed by atoms with Crippen molar-refractivity contribution in [2.24, 2.45) is 19.8 Å². The number of para-hydroxylation sites is 1. The third kappa shape index (κ3) is 2.68. The van der Waals surface area contributed by atoms with Crippen LogP contribution in [-0.4, -0.2) is 20.9 Å². The highest BCUT2D eigenvalue weighted by atomic mass is 15.3. The molecular weight excluding hydrogens is 284 g/mol. The van der Waals surface area contributed by atoms with E-state index in [0.29, 0.717) is 6.54 Å². The molecule has 1 aromatic carbocycles. The summed E-state index contributed by atoms with van der Waals surface area (Å²) in [4.78, 5) is 0. The summed E-state index contributed by atoms with van der Waals surface area (Å²) in [6.07, 6.45) is 2.20. The molecule has 1 atom stereocenters. The lowest BCUT2D eigenvalue weighted by atomic mass is 9.90. The molecule has 4 heteroatoms. The Kier molecular flexibility index (Phi) is 3.80. The van der Waals surface area contributed by atoms with E-state index in [1.54, 1.807) is 0 Å². The number of rotatable bonds is 3. The Hall–Kier alpha value is -2.07. The summed E-state index contributed by atoms with van der Waals surface area (Å²) in [5, 5.41) is 5.98. The second kappa shape index (κ2) is 5.53. The van der Waals surface area contributed by atoms with Gasteiger partial charge in [0.2, 0.25) is 0 Å². The molecule has 0 bridgehead atoms. The lowest BCUT2D eigenvalue weighted by Gasteiger charge is -2.15. The SMILES string of the molecule is Cn1nc(C(C)(C)C)cc1C(CN)c1cn(C)c2ccccc12. The fourth-order valence-corrected chi connectivity index (χ4v) is 3.23. The number of fused-ring (bicyclic) bond motifs is 1. The summed E-state index contributed by atoms with van der Waals surface area (Å²) >= 11 is 0. The van der Waals surface area contributed by atoms with Gasteiger partial charge in [0.1, 0.15) is 0 Å². The van der Waals surface area contributed by atoms with Crippen LogP contribution in [0.2, 0.25) is 0 Å². The quantitative estimate of drug-likeness (QED) is 0.807. The molecule has 3 aromatic rings. The van der Waals surface area contributed by atoms with E-state index in [-0.39, 0.29) is 11.3 Å². The molecule has 0 amide bonds. The highest BCUT2D eigenvalue weighted by Gasteiger charge is 2.25. The third-order valence-electron chi connectivity index (χ3n) is 4.58. The van der Waals surface area contributed by atoms with Crippen molar-refractivity contribution in [3.8, 4) is 0 Å². The molecule has 0 aliphatic rings. The lowest BCUT2D eigenvalue weighted by Crippen LogP contribution is -2.16. The summed E-state index contributed by atoms with van der Waals surface area (Å²) in [5.74, 6) is 0.148. The molecule has 2 heterocycles. The average Bonchev–Trinajstić information content (AvgIpc) is 3.03. The molecule has 2 N–H and O–H groups in total. The van der Waals surface area contributed by atoms with Gasteiger partial charge in [0, 0.05) is 54.8 Å². The number of aryl methyl sites for hydroxylation is 2. The molecule has 23 heavy (non-hydrogen) atoms. The van der Waals surface area contributed by atoms with Crippen molar-refractivity contribution in [1.82, 2.24) is 14.3 Å². The Labute approximate surface area is 137 Å². The third-order valence-corrected chi connectivity index (χ3v) is 4.58. The van der Waals surface area contributed by atoms with Crippen molar-refractivity contribution < 1.29 is 0 Å². The normalized spacial score (nSPS) is 13.7. The summed E-state index contributed by atoms with van der Waals surface area (Å²) in [5.41, 5.74) is 11.0. The number of aromatic nitrogens is 3. The number of nitrogens with zero attached hydrogens (tertiary/aromatic N) is 3. The van der Waals surface area contributed by atoms with Gasteiger partial charge in [-0.1, -0.05) is 39.0 Å². The van der Waals surface area contributed by atoms with Gasteiger partial charge in [-0.05, 0) is 17.7 Å². The zero-order chi connectivity index (χ0) is 16.8. The summed E-state index contributed by atoms with van der Waals surface area (Å²) in [6, 6.07) is 10.7. The lowest BCUT2D eigenvalue weighted by molar-refractivity contribution is 0.550. The van der Waals surface area contributed by atoms with E-state index >= 15 is 0 Å². The summed E-state index contributed by atoms with van der Waals surface area (Å²) < 4.78 is 4.16. The number of nitrogens with two attached hydrogens (primary N) is 1. The van der Waals surface area contributed by atoms with Gasteiger partial charge in [-0.15, -0.1) is 0 Å². The van der Waals surface area contributed by atoms with E-state index in [1.165, 1.54) is 22.2 Å². The van der Waals surface area contributed by atoms with Crippen LogP contribution in [0.4, 0.5) is 0 Å². The second-order valence-electron chi connectivity index (χ2n) is 7.33. The molecule has 0 aliphatic heterocycles. The second-order valence-corrected chi connectivity index (χ2v) is 7.33. The summed E-state index contributed by atoms with van der Waals surface area (Å²) in [7, 11) is 4.10. The average molecular weight is 310 g/mol. The van der Waals surface area contributed by atoms with Crippen molar-refractivity contribution in [1.29, 1.82) is 0 Å². The molecule has 122 valence electrons. The molecule has 0 radical (unpaired) electrons. The van der Waals surface area contributed by atoms with Crippen LogP contribution >= 0.6 is 0 Å². The predicted molar refractivity (Wildman–Crippen MR) is 95.7 cm³/mol. The van der Waals surface area contributed by atoms with Crippen molar-refractivity contribution in [2.75, 3.05) is 6.54 Å². The highest BCUT2D eigenvalue weighted by molar-refractivity contribution is 5.84. The van der Waals surface area contributed by atoms with Gasteiger partial charge in [-0.3, -0.25) is 4.68 Å². The first-order chi connectivity index (χ1) is 10.8. The molecule has 0 fully saturated rings. The molecule has 1 unspecified atom stereocenters. The van der Waals surface area contributed by atoms with Gasteiger partial charge in [-0.25, -0.2) is 0 Å². The van der Waals surface area contributed by atoms with E-state index in [4.69, 9.17) is 10.8 Å². The monoisotopic (exact) mass is 310 g/mol. The smallest absolute Gasteiger partial charge is 0.0681 e. The van der Waals surface area contributed by atoms with Gasteiger partial charge in [0.05, 0.1) is 5.69 Å². The largest absolute Gasteiger partial charge is 0.350 e. The first-order valence-corrected chi connectivity index (χ1v) is 8.11. The molecule has 0 spiro atoms. The van der Waals surface area contributed by atoms with Gasteiger partial charge < -0.3 is 10.3 Å². The van der Waals surface area contributed by atoms with E-state index in [0.717, 1.165) is 5.69 Å². The number of hydrogen-bond donors (Lipinski definition) is 1. The molecular formula is C19H26N4. The Balaban J connectivity index is 2.15. The minimum Gasteiger partial charge on any atom is -0.350 e. The van der Waals surface area contributed by atoms with Gasteiger partial charge in [-0.2, -0.15) is 5.10 Å². The van der Waals surface area contributed by atoms with Gasteiger partial charge in [0.15, 0.2) is 0 Å². The maximum atomic E-state index is 6.17. The maximum absolute atomic E-state index is 6.17. The van der Waals surface area contributed by atoms with Crippen molar-refractivity contribution in [2.45, 2.75) is 32.1 Å². The highest BCUT2D eigenvalue weighted by Crippen LogP contribution is 2.33. The minimum atomic E-state index is 0.0356. The molecule has 0 saturated carbocycles. The van der Waals surface area contributed by atoms with Crippen LogP contribution in [0.1, 0.15) is 43.6 Å². The zero-order valence-corrected chi connectivity index (χ0v) is 14.7. The van der Waals surface area contributed by atoms with Gasteiger partial charge in [0.25, 0.3) is 0 Å². The number of hydrogen-bond acceptors (Lipinski definition) is 2. The van der Waals surface area contributed by atoms with Crippen LogP contribution < -0.4 is 5.73 Å². The Morgan fingerprint density at radius 2 is 1.87 bits per heavy atom. The topological polar surface area (TPSA) is 48.8 Å². The van der Waals surface area contributed by atoms with Crippen LogP contribution in [0.5, 0.6) is 0 Å². The zero-order valence-electron chi connectivity index (χ0n) is 14.7. The molecule has 3 rings (SSSR count). The predicted octanol–water partition coefficient (Wildman–Crippen LogP) is 3.30. The van der Waals surface area contributed by atoms with Crippen LogP contribution in [0.3, 0.4) is 0 Å². The Bertz CT molecular complexity index is 833. The first kappa shape index (κ1) is 15.8. The summed E-state index contributed by atoms with van der Waals surface area (Å²) in [6.45, 7) is 7.13. The van der Waals surface area contributed by atoms with Crippen LogP contribution in [0.15, 0.2) is 36.5 Å². The molecule has 2 aromatic heterocycles. The van der Waals surface area contributed by atoms with Crippen LogP contribution in [-0.2, 0) is 19.5 Å². The van der Waals surface area contributed by atoms with E-state index in [9.17, 15) is 0 Å². The van der Waals surface area contributed by atoms with E-state index in [1.807, 2.05) is 11.7 Å². The number of benzene rings is 1. The van der Waals surface area contributed by atoms with E-state index in [2.05, 4.69) is 68.9 Å². The molecule has 4 nitrogen and oxygen atoms in total.